The molecule has 1 heteroatoms. The van der Waals surface area contributed by atoms with Crippen molar-refractivity contribution in [2.24, 2.45) is 0 Å². The zero-order valence-electron chi connectivity index (χ0n) is 6.71. The van der Waals surface area contributed by atoms with Crippen LogP contribution in [-0.2, 0) is 0 Å². The smallest absolute Gasteiger partial charge is 0.0103 e. The molecule has 52 valence electrons. The predicted molar refractivity (Wildman–Crippen MR) is 42.0 cm³/mol. The van der Waals surface area contributed by atoms with Crippen LogP contribution in [-0.4, -0.2) is 0 Å². The number of rotatable bonds is 2. The molecule has 0 radical (unpaired) electrons. The summed E-state index contributed by atoms with van der Waals surface area (Å²) in [6.07, 6.45) is 0. The monoisotopic (exact) mass is 125 g/mol. The van der Waals surface area contributed by atoms with Crippen LogP contribution >= 0.6 is 0 Å². The van der Waals surface area contributed by atoms with Crippen molar-refractivity contribution in [3.63, 3.8) is 0 Å². The van der Waals surface area contributed by atoms with Gasteiger partial charge in [-0.3, -0.25) is 0 Å². The van der Waals surface area contributed by atoms with Gasteiger partial charge < -0.3 is 5.32 Å². The van der Waals surface area contributed by atoms with Gasteiger partial charge in [-0.15, -0.1) is 0 Å². The first kappa shape index (κ1) is 8.28. The van der Waals surface area contributed by atoms with Crippen LogP contribution in [0.25, 0.3) is 0 Å². The first-order valence-corrected chi connectivity index (χ1v) is 3.10. The van der Waals surface area contributed by atoms with Gasteiger partial charge in [-0.1, -0.05) is 12.2 Å². The van der Waals surface area contributed by atoms with Crippen molar-refractivity contribution in [2.75, 3.05) is 0 Å². The summed E-state index contributed by atoms with van der Waals surface area (Å²) < 4.78 is 0. The summed E-state index contributed by atoms with van der Waals surface area (Å²) >= 11 is 0. The van der Waals surface area contributed by atoms with Crippen molar-refractivity contribution in [3.8, 4) is 0 Å². The minimum Gasteiger partial charge on any atom is -0.363 e. The summed E-state index contributed by atoms with van der Waals surface area (Å²) in [4.78, 5) is 0. The van der Waals surface area contributed by atoms with E-state index >= 15 is 0 Å². The van der Waals surface area contributed by atoms with Crippen LogP contribution in [0.2, 0.25) is 0 Å². The zero-order valence-corrected chi connectivity index (χ0v) is 6.71. The lowest BCUT2D eigenvalue weighted by molar-refractivity contribution is 0.946. The minimum absolute atomic E-state index is 0.994. The summed E-state index contributed by atoms with van der Waals surface area (Å²) in [6.45, 7) is 11.9. The first-order chi connectivity index (χ1) is 4.04. The van der Waals surface area contributed by atoms with E-state index in [1.54, 1.807) is 0 Å². The molecular formula is C8H15N. The maximum Gasteiger partial charge on any atom is 0.0103 e. The maximum atomic E-state index is 3.73. The Hall–Kier alpha value is -0.720. The molecule has 0 spiro atoms. The van der Waals surface area contributed by atoms with Crippen molar-refractivity contribution in [1.29, 1.82) is 0 Å². The van der Waals surface area contributed by atoms with Crippen LogP contribution in [0.4, 0.5) is 0 Å². The molecule has 0 aliphatic rings. The summed E-state index contributed by atoms with van der Waals surface area (Å²) in [5.74, 6) is 0. The second-order valence-electron chi connectivity index (χ2n) is 2.53. The highest BCUT2D eigenvalue weighted by Gasteiger charge is 1.87. The molecule has 9 heavy (non-hydrogen) atoms. The molecule has 0 aliphatic heterocycles. The van der Waals surface area contributed by atoms with E-state index in [4.69, 9.17) is 0 Å². The highest BCUT2D eigenvalue weighted by Crippen LogP contribution is 1.98. The molecule has 0 aromatic rings. The molecule has 0 amide bonds. The van der Waals surface area contributed by atoms with Gasteiger partial charge in [-0.25, -0.2) is 0 Å². The van der Waals surface area contributed by atoms with Crippen molar-refractivity contribution in [2.45, 2.75) is 27.7 Å². The molecule has 0 saturated carbocycles. The highest BCUT2D eigenvalue weighted by molar-refractivity contribution is 5.09. The highest BCUT2D eigenvalue weighted by atomic mass is 14.9. The van der Waals surface area contributed by atoms with E-state index < -0.39 is 0 Å². The van der Waals surface area contributed by atoms with Crippen LogP contribution in [0, 0.1) is 0 Å². The van der Waals surface area contributed by atoms with E-state index in [0.717, 1.165) is 5.70 Å². The molecule has 0 atom stereocenters. The fourth-order valence-corrected chi connectivity index (χ4v) is 0.445. The van der Waals surface area contributed by atoms with Gasteiger partial charge in [-0.05, 0) is 27.7 Å². The lowest BCUT2D eigenvalue weighted by Gasteiger charge is -2.05. The van der Waals surface area contributed by atoms with Crippen LogP contribution in [0.3, 0.4) is 0 Å². The van der Waals surface area contributed by atoms with Gasteiger partial charge in [0.1, 0.15) is 0 Å². The molecule has 0 unspecified atom stereocenters. The lowest BCUT2D eigenvalue weighted by Crippen LogP contribution is -2.07. The Balaban J connectivity index is 3.92. The van der Waals surface area contributed by atoms with Crippen molar-refractivity contribution < 1.29 is 0 Å². The number of nitrogens with one attached hydrogen (secondary N) is 1. The van der Waals surface area contributed by atoms with Gasteiger partial charge in [0, 0.05) is 11.4 Å². The molecule has 0 fully saturated rings. The van der Waals surface area contributed by atoms with Crippen LogP contribution in [0.1, 0.15) is 27.7 Å². The molecule has 0 heterocycles. The van der Waals surface area contributed by atoms with E-state index in [2.05, 4.69) is 25.7 Å². The van der Waals surface area contributed by atoms with Crippen LogP contribution in [0.5, 0.6) is 0 Å². The third-order valence-corrected chi connectivity index (χ3v) is 1.15. The van der Waals surface area contributed by atoms with E-state index in [1.165, 1.54) is 11.3 Å². The molecule has 1 nitrogen and oxygen atoms in total. The average Bonchev–Trinajstić information content (AvgIpc) is 1.63. The number of hydrogen-bond donors (Lipinski definition) is 1. The fourth-order valence-electron chi connectivity index (χ4n) is 0.445. The normalized spacial score (nSPS) is 8.44. The van der Waals surface area contributed by atoms with Gasteiger partial charge in [-0.2, -0.15) is 0 Å². The minimum atomic E-state index is 0.994. The third kappa shape index (κ3) is 3.83. The van der Waals surface area contributed by atoms with Gasteiger partial charge >= 0.3 is 0 Å². The summed E-state index contributed by atoms with van der Waals surface area (Å²) in [5.41, 5.74) is 3.49. The Morgan fingerprint density at radius 1 is 1.11 bits per heavy atom. The van der Waals surface area contributed by atoms with Gasteiger partial charge in [0.2, 0.25) is 0 Å². The Bertz CT molecular complexity index is 139. The Labute approximate surface area is 57.5 Å². The van der Waals surface area contributed by atoms with Crippen LogP contribution in [0.15, 0.2) is 23.5 Å². The zero-order chi connectivity index (χ0) is 7.44. The SMILES string of the molecule is C=C(C)NC(C)=C(C)C. The van der Waals surface area contributed by atoms with Crippen LogP contribution < -0.4 is 5.32 Å². The van der Waals surface area contributed by atoms with Crippen molar-refractivity contribution >= 4 is 0 Å². The molecule has 0 bridgehead atoms. The first-order valence-electron chi connectivity index (χ1n) is 3.10. The Kier molecular flexibility index (Phi) is 3.07. The maximum absolute atomic E-state index is 3.73. The van der Waals surface area contributed by atoms with E-state index in [9.17, 15) is 0 Å². The third-order valence-electron chi connectivity index (χ3n) is 1.15. The summed E-state index contributed by atoms with van der Waals surface area (Å²) in [6, 6.07) is 0. The second-order valence-corrected chi connectivity index (χ2v) is 2.53. The second kappa shape index (κ2) is 3.33. The van der Waals surface area contributed by atoms with Crippen molar-refractivity contribution in [3.05, 3.63) is 23.5 Å². The topological polar surface area (TPSA) is 12.0 Å². The number of hydrogen-bond acceptors (Lipinski definition) is 1. The van der Waals surface area contributed by atoms with Gasteiger partial charge in [0.15, 0.2) is 0 Å². The molecule has 0 aromatic heterocycles. The van der Waals surface area contributed by atoms with E-state index in [0.29, 0.717) is 0 Å². The average molecular weight is 125 g/mol. The van der Waals surface area contributed by atoms with Gasteiger partial charge in [0.05, 0.1) is 0 Å². The molecule has 0 rings (SSSR count). The Morgan fingerprint density at radius 2 is 1.56 bits per heavy atom. The van der Waals surface area contributed by atoms with E-state index in [-0.39, 0.29) is 0 Å². The van der Waals surface area contributed by atoms with Gasteiger partial charge in [0.25, 0.3) is 0 Å². The fraction of sp³-hybridized carbons (Fsp3) is 0.500. The standard InChI is InChI=1S/C8H15N/c1-6(2)8(5)9-7(3)4/h9H,3H2,1-2,4-5H3. The summed E-state index contributed by atoms with van der Waals surface area (Å²) in [7, 11) is 0. The molecule has 0 aliphatic carbocycles. The molecule has 1 N–H and O–H groups in total. The largest absolute Gasteiger partial charge is 0.363 e. The predicted octanol–water partition coefficient (Wildman–Crippen LogP) is 2.42. The molecular weight excluding hydrogens is 110 g/mol. The quantitative estimate of drug-likeness (QED) is 0.597. The summed E-state index contributed by atoms with van der Waals surface area (Å²) in [5, 5.41) is 3.13. The van der Waals surface area contributed by atoms with Crippen molar-refractivity contribution in [1.82, 2.24) is 5.32 Å². The lowest BCUT2D eigenvalue weighted by atomic mass is 10.3. The number of allylic oxidation sites excluding steroid dienone is 3. The molecule has 0 aromatic carbocycles. The van der Waals surface area contributed by atoms with E-state index in [1.807, 2.05) is 13.8 Å². The molecule has 0 saturated heterocycles. The Morgan fingerprint density at radius 3 is 1.67 bits per heavy atom.